The lowest BCUT2D eigenvalue weighted by Crippen LogP contribution is -2.36. The van der Waals surface area contributed by atoms with Crippen LogP contribution in [0.15, 0.2) is 0 Å². The molecule has 0 rings (SSSR count). The van der Waals surface area contributed by atoms with Gasteiger partial charge < -0.3 is 4.55 Å². The molecule has 0 fully saturated rings. The average Bonchev–Trinajstić information content (AvgIpc) is 2.46. The van der Waals surface area contributed by atoms with E-state index in [1.54, 1.807) is 18.5 Å². The summed E-state index contributed by atoms with van der Waals surface area (Å²) in [5.41, 5.74) is 0. The molecule has 0 radical (unpaired) electrons. The largest absolute Gasteiger partial charge is 0.743 e. The summed E-state index contributed by atoms with van der Waals surface area (Å²) in [5.74, 6) is 0. The third-order valence-electron chi connectivity index (χ3n) is 3.24. The van der Waals surface area contributed by atoms with Crippen LogP contribution < -0.4 is 0 Å². The van der Waals surface area contributed by atoms with Crippen molar-refractivity contribution in [3.63, 3.8) is 0 Å². The highest BCUT2D eigenvalue weighted by Gasteiger charge is 2.48. The van der Waals surface area contributed by atoms with Gasteiger partial charge in [-0.25, -0.2) is 17.2 Å². The summed E-state index contributed by atoms with van der Waals surface area (Å²) in [4.78, 5) is 0. The molecule has 0 spiro atoms. The molecule has 142 valence electrons. The summed E-state index contributed by atoms with van der Waals surface area (Å²) in [6, 6.07) is 0. The molecule has 0 aromatic rings. The first kappa shape index (κ1) is 25.3. The molecule has 0 aromatic heterocycles. The Balaban J connectivity index is 0. The van der Waals surface area contributed by atoms with Crippen molar-refractivity contribution in [1.82, 2.24) is 0 Å². The monoisotopic (exact) mass is 384 g/mol. The van der Waals surface area contributed by atoms with E-state index in [1.165, 1.54) is 38.5 Å². The summed E-state index contributed by atoms with van der Waals surface area (Å²) < 4.78 is 72.7. The smallest absolute Gasteiger partial charge is 0.393 e. The van der Waals surface area contributed by atoms with Gasteiger partial charge in [0.15, 0.2) is 10.1 Å². The van der Waals surface area contributed by atoms with Crippen molar-refractivity contribution in [3.8, 4) is 0 Å². The maximum absolute atomic E-state index is 11.4. The van der Waals surface area contributed by atoms with Gasteiger partial charge in [-0.3, -0.25) is 0 Å². The number of hydrogen-bond donors (Lipinski definition) is 0. The van der Waals surface area contributed by atoms with E-state index in [0.717, 1.165) is 0 Å². The van der Waals surface area contributed by atoms with E-state index in [9.17, 15) is 30.5 Å². The Hall–Kier alpha value is 0.0600. The standard InChI is InChI=1S/C12H27P.C2H2F4O3S/c1-4-7-10-13(11-8-5-2)12-9-6-3;3-1(4)2(5,6)10(7,8)9/h4-12H2,1-3H3;1H,(H,7,8,9). The van der Waals surface area contributed by atoms with Crippen LogP contribution in [-0.4, -0.2) is 43.1 Å². The molecule has 23 heavy (non-hydrogen) atoms. The SMILES string of the molecule is CCCC[PH+](CCCC)CCCC.O=S(=O)([O-])C(F)(F)C(F)F. The summed E-state index contributed by atoms with van der Waals surface area (Å²) in [6.07, 6.45) is 8.93. The maximum Gasteiger partial charge on any atom is 0.393 e. The first-order valence-electron chi connectivity index (χ1n) is 7.99. The fraction of sp³-hybridized carbons (Fsp3) is 1.00. The van der Waals surface area contributed by atoms with Crippen LogP contribution in [0.3, 0.4) is 0 Å². The quantitative estimate of drug-likeness (QED) is 0.286. The predicted octanol–water partition coefficient (Wildman–Crippen LogP) is 4.99. The van der Waals surface area contributed by atoms with Crippen LogP contribution in [0.25, 0.3) is 0 Å². The molecular formula is C14H29F4O3PS. The first-order valence-corrected chi connectivity index (χ1v) is 11.5. The first-order chi connectivity index (χ1) is 10.5. The lowest BCUT2D eigenvalue weighted by atomic mass is 10.4. The Kier molecular flexibility index (Phi) is 14.7. The second-order valence-electron chi connectivity index (χ2n) is 5.38. The van der Waals surface area contributed by atoms with Gasteiger partial charge in [-0.15, -0.1) is 0 Å². The minimum Gasteiger partial charge on any atom is -0.743 e. The van der Waals surface area contributed by atoms with Crippen LogP contribution in [0.4, 0.5) is 17.6 Å². The Morgan fingerprint density at radius 1 is 0.913 bits per heavy atom. The molecule has 3 nitrogen and oxygen atoms in total. The van der Waals surface area contributed by atoms with Crippen LogP contribution >= 0.6 is 7.92 Å². The Labute approximate surface area is 138 Å². The molecule has 0 saturated heterocycles. The van der Waals surface area contributed by atoms with E-state index in [0.29, 0.717) is 0 Å². The minimum atomic E-state index is -6.23. The molecule has 0 heterocycles. The number of hydrogen-bond acceptors (Lipinski definition) is 3. The summed E-state index contributed by atoms with van der Waals surface area (Å²) in [5, 5.41) is -5.48. The molecule has 0 bridgehead atoms. The molecule has 0 aliphatic rings. The fourth-order valence-electron chi connectivity index (χ4n) is 1.76. The second kappa shape index (κ2) is 13.4. The van der Waals surface area contributed by atoms with Gasteiger partial charge in [0.25, 0.3) is 0 Å². The van der Waals surface area contributed by atoms with Crippen LogP contribution in [-0.2, 0) is 10.1 Å². The summed E-state index contributed by atoms with van der Waals surface area (Å²) in [6.45, 7) is 6.96. The molecule has 0 aliphatic heterocycles. The zero-order valence-electron chi connectivity index (χ0n) is 14.1. The van der Waals surface area contributed by atoms with Crippen LogP contribution in [0, 0.1) is 0 Å². The van der Waals surface area contributed by atoms with Gasteiger partial charge in [-0.05, 0) is 19.3 Å². The van der Waals surface area contributed by atoms with Gasteiger partial charge in [0, 0.05) is 7.92 Å². The number of alkyl halides is 4. The van der Waals surface area contributed by atoms with Gasteiger partial charge in [-0.2, -0.15) is 8.78 Å². The van der Waals surface area contributed by atoms with Gasteiger partial charge >= 0.3 is 11.7 Å². The topological polar surface area (TPSA) is 57.2 Å². The van der Waals surface area contributed by atoms with Crippen molar-refractivity contribution in [3.05, 3.63) is 0 Å². The van der Waals surface area contributed by atoms with Crippen LogP contribution in [0.5, 0.6) is 0 Å². The van der Waals surface area contributed by atoms with E-state index in [1.807, 2.05) is 0 Å². The van der Waals surface area contributed by atoms with Crippen LogP contribution in [0.2, 0.25) is 0 Å². The zero-order chi connectivity index (χ0) is 18.5. The van der Waals surface area contributed by atoms with Crippen molar-refractivity contribution in [2.75, 3.05) is 18.5 Å². The van der Waals surface area contributed by atoms with Gasteiger partial charge in [0.1, 0.15) is 0 Å². The van der Waals surface area contributed by atoms with E-state index in [-0.39, 0.29) is 7.92 Å². The van der Waals surface area contributed by atoms with E-state index in [4.69, 9.17) is 0 Å². The van der Waals surface area contributed by atoms with E-state index < -0.39 is 21.8 Å². The normalized spacial score (nSPS) is 12.4. The number of unbranched alkanes of at least 4 members (excludes halogenated alkanes) is 3. The number of halogens is 4. The predicted molar refractivity (Wildman–Crippen MR) is 88.3 cm³/mol. The lowest BCUT2D eigenvalue weighted by Gasteiger charge is -2.17. The molecule has 0 unspecified atom stereocenters. The van der Waals surface area contributed by atoms with Crippen molar-refractivity contribution in [2.24, 2.45) is 0 Å². The summed E-state index contributed by atoms with van der Waals surface area (Å²) >= 11 is 0. The van der Waals surface area contributed by atoms with Crippen molar-refractivity contribution in [1.29, 1.82) is 0 Å². The van der Waals surface area contributed by atoms with Gasteiger partial charge in [-0.1, -0.05) is 40.0 Å². The maximum atomic E-state index is 11.4. The Morgan fingerprint density at radius 2 is 1.22 bits per heavy atom. The van der Waals surface area contributed by atoms with Crippen molar-refractivity contribution >= 4 is 18.0 Å². The molecule has 0 N–H and O–H groups in total. The number of rotatable bonds is 11. The van der Waals surface area contributed by atoms with Crippen molar-refractivity contribution < 1.29 is 30.5 Å². The Morgan fingerprint density at radius 3 is 1.35 bits per heavy atom. The highest BCUT2D eigenvalue weighted by atomic mass is 32.2. The second-order valence-corrected chi connectivity index (χ2v) is 9.83. The third kappa shape index (κ3) is 12.1. The summed E-state index contributed by atoms with van der Waals surface area (Å²) in [7, 11) is -6.17. The molecule has 0 amide bonds. The highest BCUT2D eigenvalue weighted by molar-refractivity contribution is 7.86. The third-order valence-corrected chi connectivity index (χ3v) is 7.27. The molecular weight excluding hydrogens is 355 g/mol. The molecule has 0 saturated carbocycles. The Bertz CT molecular complexity index is 359. The fourth-order valence-corrected chi connectivity index (χ4v) is 5.29. The van der Waals surface area contributed by atoms with Crippen molar-refractivity contribution in [2.45, 2.75) is 71.0 Å². The van der Waals surface area contributed by atoms with E-state index >= 15 is 0 Å². The molecule has 0 aromatic carbocycles. The molecule has 0 aliphatic carbocycles. The average molecular weight is 384 g/mol. The van der Waals surface area contributed by atoms with Gasteiger partial charge in [0.05, 0.1) is 18.5 Å². The molecule has 0 atom stereocenters. The zero-order valence-corrected chi connectivity index (χ0v) is 15.9. The minimum absolute atomic E-state index is 0.0675. The van der Waals surface area contributed by atoms with Crippen LogP contribution in [0.1, 0.15) is 59.3 Å². The highest BCUT2D eigenvalue weighted by Crippen LogP contribution is 2.38. The van der Waals surface area contributed by atoms with E-state index in [2.05, 4.69) is 20.8 Å². The van der Waals surface area contributed by atoms with Gasteiger partial charge in [0.2, 0.25) is 0 Å². The molecule has 9 heteroatoms. The lowest BCUT2D eigenvalue weighted by molar-refractivity contribution is -0.0692.